The zero-order chi connectivity index (χ0) is 19.3. The number of nitrogens with one attached hydrogen (secondary N) is 2. The van der Waals surface area contributed by atoms with Gasteiger partial charge in [0.2, 0.25) is 11.8 Å². The van der Waals surface area contributed by atoms with Crippen LogP contribution in [0.3, 0.4) is 0 Å². The van der Waals surface area contributed by atoms with Crippen molar-refractivity contribution in [2.24, 2.45) is 0 Å². The molecular formula is C16H18F3N3O4. The van der Waals surface area contributed by atoms with Crippen molar-refractivity contribution in [1.29, 1.82) is 0 Å². The van der Waals surface area contributed by atoms with Gasteiger partial charge in [-0.15, -0.1) is 0 Å². The maximum absolute atomic E-state index is 12.5. The molecule has 1 heterocycles. The van der Waals surface area contributed by atoms with E-state index in [9.17, 15) is 27.6 Å². The Morgan fingerprint density at radius 2 is 1.96 bits per heavy atom. The van der Waals surface area contributed by atoms with E-state index in [4.69, 9.17) is 0 Å². The molecule has 1 fully saturated rings. The Labute approximate surface area is 147 Å². The van der Waals surface area contributed by atoms with Crippen LogP contribution in [-0.2, 0) is 25.3 Å². The van der Waals surface area contributed by atoms with Crippen molar-refractivity contribution in [3.05, 3.63) is 29.8 Å². The molecule has 0 spiro atoms. The van der Waals surface area contributed by atoms with Gasteiger partial charge in [-0.25, -0.2) is 0 Å². The minimum atomic E-state index is -4.45. The predicted octanol–water partition coefficient (Wildman–Crippen LogP) is 1.01. The molecule has 0 aromatic heterocycles. The molecule has 1 aromatic rings. The third-order valence-electron chi connectivity index (χ3n) is 3.87. The Hall–Kier alpha value is -2.62. The van der Waals surface area contributed by atoms with E-state index in [1.54, 1.807) is 0 Å². The SMILES string of the molecule is COC(=O)C[C@@H]1C(=O)NCCN1CC(=O)Nc1ccc(C(F)(F)F)cc1. The molecule has 2 amide bonds. The monoisotopic (exact) mass is 373 g/mol. The maximum atomic E-state index is 12.5. The summed E-state index contributed by atoms with van der Waals surface area (Å²) in [5.74, 6) is -1.47. The van der Waals surface area contributed by atoms with Gasteiger partial charge in [0.05, 0.1) is 25.6 Å². The van der Waals surface area contributed by atoms with Gasteiger partial charge in [0.1, 0.15) is 6.04 Å². The van der Waals surface area contributed by atoms with Gasteiger partial charge < -0.3 is 15.4 Å². The first-order chi connectivity index (χ1) is 12.2. The van der Waals surface area contributed by atoms with Crippen molar-refractivity contribution < 1.29 is 32.3 Å². The largest absolute Gasteiger partial charge is 0.469 e. The lowest BCUT2D eigenvalue weighted by molar-refractivity contribution is -0.146. The number of alkyl halides is 3. The Morgan fingerprint density at radius 1 is 1.31 bits per heavy atom. The van der Waals surface area contributed by atoms with Gasteiger partial charge in [-0.2, -0.15) is 13.2 Å². The lowest BCUT2D eigenvalue weighted by Gasteiger charge is -2.33. The quantitative estimate of drug-likeness (QED) is 0.752. The lowest BCUT2D eigenvalue weighted by Crippen LogP contribution is -2.57. The van der Waals surface area contributed by atoms with Crippen LogP contribution in [0.1, 0.15) is 12.0 Å². The topological polar surface area (TPSA) is 87.7 Å². The molecule has 2 N–H and O–H groups in total. The molecule has 1 aromatic carbocycles. The molecule has 142 valence electrons. The highest BCUT2D eigenvalue weighted by atomic mass is 19.4. The molecule has 1 atom stereocenters. The number of rotatable bonds is 5. The second kappa shape index (κ2) is 8.17. The van der Waals surface area contributed by atoms with Crippen LogP contribution in [0.4, 0.5) is 18.9 Å². The molecule has 1 aliphatic heterocycles. The van der Waals surface area contributed by atoms with Crippen molar-refractivity contribution >= 4 is 23.5 Å². The minimum absolute atomic E-state index is 0.184. The number of nitrogens with zero attached hydrogens (tertiary/aromatic N) is 1. The van der Waals surface area contributed by atoms with Crippen molar-refractivity contribution in [2.75, 3.05) is 32.1 Å². The van der Waals surface area contributed by atoms with E-state index in [1.807, 2.05) is 0 Å². The van der Waals surface area contributed by atoms with Gasteiger partial charge in [-0.3, -0.25) is 19.3 Å². The minimum Gasteiger partial charge on any atom is -0.469 e. The number of hydrogen-bond donors (Lipinski definition) is 2. The molecule has 0 aliphatic carbocycles. The molecule has 10 heteroatoms. The van der Waals surface area contributed by atoms with Gasteiger partial charge >= 0.3 is 12.1 Å². The van der Waals surface area contributed by atoms with Crippen molar-refractivity contribution in [3.8, 4) is 0 Å². The van der Waals surface area contributed by atoms with Gasteiger partial charge in [0.25, 0.3) is 0 Å². The Balaban J connectivity index is 1.98. The van der Waals surface area contributed by atoms with Crippen LogP contribution in [-0.4, -0.2) is 55.5 Å². The molecule has 0 saturated carbocycles. The van der Waals surface area contributed by atoms with E-state index in [1.165, 1.54) is 12.0 Å². The second-order valence-electron chi connectivity index (χ2n) is 5.68. The molecule has 1 saturated heterocycles. The summed E-state index contributed by atoms with van der Waals surface area (Å²) in [5.41, 5.74) is -0.615. The predicted molar refractivity (Wildman–Crippen MR) is 85.1 cm³/mol. The average molecular weight is 373 g/mol. The van der Waals surface area contributed by atoms with Gasteiger partial charge in [-0.05, 0) is 24.3 Å². The number of esters is 1. The zero-order valence-corrected chi connectivity index (χ0v) is 13.9. The van der Waals surface area contributed by atoms with Crippen molar-refractivity contribution in [2.45, 2.75) is 18.6 Å². The smallest absolute Gasteiger partial charge is 0.416 e. The Kier molecular flexibility index (Phi) is 6.19. The number of benzene rings is 1. The number of carbonyl (C=O) groups excluding carboxylic acids is 3. The van der Waals surface area contributed by atoms with Gasteiger partial charge in [0.15, 0.2) is 0 Å². The average Bonchev–Trinajstić information content (AvgIpc) is 2.57. The number of amides is 2. The van der Waals surface area contributed by atoms with Crippen molar-refractivity contribution in [3.63, 3.8) is 0 Å². The fraction of sp³-hybridized carbons (Fsp3) is 0.438. The van der Waals surface area contributed by atoms with Crippen LogP contribution >= 0.6 is 0 Å². The summed E-state index contributed by atoms with van der Waals surface area (Å²) >= 11 is 0. The number of methoxy groups -OCH3 is 1. The van der Waals surface area contributed by atoms with Crippen LogP contribution in [0, 0.1) is 0 Å². The first-order valence-corrected chi connectivity index (χ1v) is 7.76. The third-order valence-corrected chi connectivity index (χ3v) is 3.87. The third kappa shape index (κ3) is 5.19. The maximum Gasteiger partial charge on any atom is 0.416 e. The fourth-order valence-corrected chi connectivity index (χ4v) is 2.54. The van der Waals surface area contributed by atoms with Crippen LogP contribution in [0.25, 0.3) is 0 Å². The first-order valence-electron chi connectivity index (χ1n) is 7.76. The van der Waals surface area contributed by atoms with E-state index in [0.29, 0.717) is 13.1 Å². The van der Waals surface area contributed by atoms with Crippen LogP contribution in [0.5, 0.6) is 0 Å². The number of piperazine rings is 1. The molecule has 7 nitrogen and oxygen atoms in total. The second-order valence-corrected chi connectivity index (χ2v) is 5.68. The summed E-state index contributed by atoms with van der Waals surface area (Å²) in [7, 11) is 1.20. The normalized spacial score (nSPS) is 18.2. The summed E-state index contributed by atoms with van der Waals surface area (Å²) in [6.07, 6.45) is -4.65. The number of hydrogen-bond acceptors (Lipinski definition) is 5. The molecule has 1 aliphatic rings. The van der Waals surface area contributed by atoms with Crippen LogP contribution in [0.2, 0.25) is 0 Å². The number of anilines is 1. The van der Waals surface area contributed by atoms with E-state index < -0.39 is 29.7 Å². The summed E-state index contributed by atoms with van der Waals surface area (Å²) < 4.78 is 42.2. The molecule has 2 rings (SSSR count). The van der Waals surface area contributed by atoms with Gasteiger partial charge in [-0.1, -0.05) is 0 Å². The Morgan fingerprint density at radius 3 is 2.54 bits per heavy atom. The van der Waals surface area contributed by atoms with Crippen molar-refractivity contribution in [1.82, 2.24) is 10.2 Å². The van der Waals surface area contributed by atoms with E-state index in [2.05, 4.69) is 15.4 Å². The van der Waals surface area contributed by atoms with Crippen LogP contribution in [0.15, 0.2) is 24.3 Å². The summed E-state index contributed by atoms with van der Waals surface area (Å²) in [5, 5.41) is 5.08. The lowest BCUT2D eigenvalue weighted by atomic mass is 10.1. The number of halogens is 3. The van der Waals surface area contributed by atoms with Crippen LogP contribution < -0.4 is 10.6 Å². The van der Waals surface area contributed by atoms with E-state index in [-0.39, 0.29) is 24.6 Å². The molecule has 0 bridgehead atoms. The van der Waals surface area contributed by atoms with E-state index in [0.717, 1.165) is 24.3 Å². The van der Waals surface area contributed by atoms with E-state index >= 15 is 0 Å². The van der Waals surface area contributed by atoms with Gasteiger partial charge in [0, 0.05) is 18.8 Å². The zero-order valence-electron chi connectivity index (χ0n) is 13.9. The Bertz CT molecular complexity index is 676. The standard InChI is InChI=1S/C16H18F3N3O4/c1-26-14(24)8-12-15(25)20-6-7-22(12)9-13(23)21-11-4-2-10(3-5-11)16(17,18)19/h2-5,12H,6-9H2,1H3,(H,20,25)(H,21,23)/t12-/m1/s1. The molecule has 26 heavy (non-hydrogen) atoms. The first kappa shape index (κ1) is 19.7. The highest BCUT2D eigenvalue weighted by Crippen LogP contribution is 2.29. The number of ether oxygens (including phenoxy) is 1. The molecular weight excluding hydrogens is 355 g/mol. The summed E-state index contributed by atoms with van der Waals surface area (Å²) in [6.45, 7) is 0.494. The molecule has 0 radical (unpaired) electrons. The molecule has 0 unspecified atom stereocenters. The highest BCUT2D eigenvalue weighted by molar-refractivity contribution is 5.93. The number of carbonyl (C=O) groups is 3. The summed E-state index contributed by atoms with van der Waals surface area (Å²) in [6, 6.07) is 3.19. The fourth-order valence-electron chi connectivity index (χ4n) is 2.54. The highest BCUT2D eigenvalue weighted by Gasteiger charge is 2.33. The summed E-state index contributed by atoms with van der Waals surface area (Å²) in [4.78, 5) is 37.0.